The molecule has 1 aliphatic heterocycles. The number of carbonyl (C=O) groups is 2. The lowest BCUT2D eigenvalue weighted by molar-refractivity contribution is -0.137. The molecular weight excluding hydrogens is 451 g/mol. The summed E-state index contributed by atoms with van der Waals surface area (Å²) in [6, 6.07) is 13.5. The number of hydrogen-bond acceptors (Lipinski definition) is 4. The van der Waals surface area contributed by atoms with Crippen molar-refractivity contribution in [1.82, 2.24) is 9.88 Å². The zero-order valence-electron chi connectivity index (χ0n) is 17.9. The molecule has 0 unspecified atom stereocenters. The van der Waals surface area contributed by atoms with E-state index in [1.54, 1.807) is 9.80 Å². The first-order valence-corrected chi connectivity index (χ1v) is 11.4. The monoisotopic (exact) mass is 473 g/mol. The van der Waals surface area contributed by atoms with Crippen molar-refractivity contribution in [3.63, 3.8) is 0 Å². The molecule has 0 N–H and O–H groups in total. The number of aromatic nitrogens is 1. The van der Waals surface area contributed by atoms with Crippen LogP contribution in [0.2, 0.25) is 0 Å². The number of piperidine rings is 1. The van der Waals surface area contributed by atoms with Crippen LogP contribution in [0.5, 0.6) is 0 Å². The maximum atomic E-state index is 13.5. The molecule has 2 aromatic carbocycles. The molecule has 3 aromatic rings. The number of anilines is 2. The van der Waals surface area contributed by atoms with Crippen molar-refractivity contribution < 1.29 is 22.8 Å². The molecule has 33 heavy (non-hydrogen) atoms. The number of likely N-dealkylation sites (tertiary alicyclic amines) is 1. The van der Waals surface area contributed by atoms with Crippen molar-refractivity contribution in [2.75, 3.05) is 18.0 Å². The summed E-state index contributed by atoms with van der Waals surface area (Å²) in [5.74, 6) is -0.687. The Morgan fingerprint density at radius 1 is 1.03 bits per heavy atom. The Hall–Kier alpha value is -3.20. The van der Waals surface area contributed by atoms with Crippen LogP contribution in [0.3, 0.4) is 0 Å². The highest BCUT2D eigenvalue weighted by molar-refractivity contribution is 7.14. The van der Waals surface area contributed by atoms with Crippen LogP contribution in [0.25, 0.3) is 0 Å². The molecule has 0 atom stereocenters. The van der Waals surface area contributed by atoms with E-state index in [1.165, 1.54) is 23.5 Å². The summed E-state index contributed by atoms with van der Waals surface area (Å²) in [5.41, 5.74) is 0.986. The van der Waals surface area contributed by atoms with Gasteiger partial charge in [-0.3, -0.25) is 14.5 Å². The summed E-state index contributed by atoms with van der Waals surface area (Å²) in [6.45, 7) is 2.59. The lowest BCUT2D eigenvalue weighted by Gasteiger charge is -2.33. The second kappa shape index (κ2) is 9.35. The smallest absolute Gasteiger partial charge is 0.339 e. The van der Waals surface area contributed by atoms with Gasteiger partial charge in [0.25, 0.3) is 5.91 Å². The molecule has 172 valence electrons. The first-order chi connectivity index (χ1) is 15.7. The van der Waals surface area contributed by atoms with Crippen molar-refractivity contribution in [3.05, 3.63) is 76.8 Å². The van der Waals surface area contributed by atoms with Gasteiger partial charge < -0.3 is 4.90 Å². The Morgan fingerprint density at radius 3 is 2.21 bits per heavy atom. The molecule has 1 saturated heterocycles. The van der Waals surface area contributed by atoms with E-state index in [0.29, 0.717) is 31.1 Å². The van der Waals surface area contributed by atoms with Crippen LogP contribution in [-0.4, -0.2) is 34.8 Å². The standard InChI is InChI=1S/C24H22F3N3O2S/c1-16-15-33-23(28-16)30(20-5-3-2-4-6-20)22(32)18-11-13-29(14-12-18)21(31)17-7-9-19(10-8-17)24(25,26)27/h2-10,15,18H,11-14H2,1H3. The molecule has 0 bridgehead atoms. The largest absolute Gasteiger partial charge is 0.416 e. The Balaban J connectivity index is 1.45. The fourth-order valence-corrected chi connectivity index (χ4v) is 4.68. The summed E-state index contributed by atoms with van der Waals surface area (Å²) in [7, 11) is 0. The molecular formula is C24H22F3N3O2S. The minimum Gasteiger partial charge on any atom is -0.339 e. The van der Waals surface area contributed by atoms with Crippen LogP contribution in [0.1, 0.15) is 34.5 Å². The minimum atomic E-state index is -4.44. The van der Waals surface area contributed by atoms with E-state index in [-0.39, 0.29) is 23.3 Å². The molecule has 2 heterocycles. The van der Waals surface area contributed by atoms with Gasteiger partial charge in [0, 0.05) is 30.0 Å². The fraction of sp³-hybridized carbons (Fsp3) is 0.292. The summed E-state index contributed by atoms with van der Waals surface area (Å²) in [5, 5.41) is 2.50. The van der Waals surface area contributed by atoms with E-state index in [2.05, 4.69) is 4.98 Å². The number of nitrogens with zero attached hydrogens (tertiary/aromatic N) is 3. The summed E-state index contributed by atoms with van der Waals surface area (Å²) < 4.78 is 38.3. The highest BCUT2D eigenvalue weighted by Crippen LogP contribution is 2.33. The van der Waals surface area contributed by atoms with Gasteiger partial charge in [0.05, 0.1) is 16.9 Å². The van der Waals surface area contributed by atoms with Crippen LogP contribution < -0.4 is 4.90 Å². The van der Waals surface area contributed by atoms with Crippen LogP contribution >= 0.6 is 11.3 Å². The SMILES string of the molecule is Cc1csc(N(C(=O)C2CCN(C(=O)c3ccc(C(F)(F)F)cc3)CC2)c2ccccc2)n1. The normalized spacial score (nSPS) is 14.8. The highest BCUT2D eigenvalue weighted by Gasteiger charge is 2.34. The zero-order valence-corrected chi connectivity index (χ0v) is 18.7. The number of aryl methyl sites for hydroxylation is 1. The van der Waals surface area contributed by atoms with Crippen molar-refractivity contribution in [2.45, 2.75) is 25.9 Å². The number of rotatable bonds is 4. The molecule has 2 amide bonds. The van der Waals surface area contributed by atoms with E-state index in [0.717, 1.165) is 23.5 Å². The first kappa shape index (κ1) is 23.0. The molecule has 5 nitrogen and oxygen atoms in total. The molecule has 1 aromatic heterocycles. The predicted octanol–water partition coefficient (Wildman–Crippen LogP) is 5.69. The number of amides is 2. The van der Waals surface area contributed by atoms with E-state index in [9.17, 15) is 22.8 Å². The molecule has 0 saturated carbocycles. The van der Waals surface area contributed by atoms with Gasteiger partial charge in [0.15, 0.2) is 5.13 Å². The summed E-state index contributed by atoms with van der Waals surface area (Å²) in [4.78, 5) is 33.9. The van der Waals surface area contributed by atoms with Crippen LogP contribution in [-0.2, 0) is 11.0 Å². The number of benzene rings is 2. The number of halogens is 3. The second-order valence-corrected chi connectivity index (χ2v) is 8.76. The van der Waals surface area contributed by atoms with Crippen molar-refractivity contribution >= 4 is 34.0 Å². The first-order valence-electron chi connectivity index (χ1n) is 10.5. The number of carbonyl (C=O) groups excluding carboxylic acids is 2. The molecule has 1 fully saturated rings. The lowest BCUT2D eigenvalue weighted by Crippen LogP contribution is -2.43. The Labute approximate surface area is 193 Å². The number of hydrogen-bond donors (Lipinski definition) is 0. The van der Waals surface area contributed by atoms with Crippen molar-refractivity contribution in [1.29, 1.82) is 0 Å². The zero-order chi connectivity index (χ0) is 23.6. The van der Waals surface area contributed by atoms with Gasteiger partial charge in [0.2, 0.25) is 5.91 Å². The minimum absolute atomic E-state index is 0.0721. The van der Waals surface area contributed by atoms with Crippen LogP contribution in [0, 0.1) is 12.8 Å². The lowest BCUT2D eigenvalue weighted by atomic mass is 9.94. The Kier molecular flexibility index (Phi) is 6.51. The molecule has 0 spiro atoms. The quantitative estimate of drug-likeness (QED) is 0.489. The van der Waals surface area contributed by atoms with E-state index in [1.807, 2.05) is 42.6 Å². The van der Waals surface area contributed by atoms with Gasteiger partial charge in [-0.25, -0.2) is 4.98 Å². The molecule has 0 radical (unpaired) electrons. The molecule has 0 aliphatic carbocycles. The van der Waals surface area contributed by atoms with Crippen molar-refractivity contribution in [3.8, 4) is 0 Å². The number of thiazole rings is 1. The third kappa shape index (κ3) is 5.08. The van der Waals surface area contributed by atoms with E-state index >= 15 is 0 Å². The van der Waals surface area contributed by atoms with Gasteiger partial charge in [-0.05, 0) is 56.2 Å². The average Bonchev–Trinajstić information content (AvgIpc) is 3.24. The fourth-order valence-electron chi connectivity index (χ4n) is 3.85. The van der Waals surface area contributed by atoms with Gasteiger partial charge in [-0.1, -0.05) is 18.2 Å². The third-order valence-electron chi connectivity index (χ3n) is 5.62. The molecule has 1 aliphatic rings. The average molecular weight is 474 g/mol. The Morgan fingerprint density at radius 2 is 1.67 bits per heavy atom. The maximum absolute atomic E-state index is 13.5. The number of para-hydroxylation sites is 1. The van der Waals surface area contributed by atoms with Gasteiger partial charge in [0.1, 0.15) is 0 Å². The van der Waals surface area contributed by atoms with Gasteiger partial charge in [-0.2, -0.15) is 13.2 Å². The van der Waals surface area contributed by atoms with Crippen LogP contribution in [0.4, 0.5) is 24.0 Å². The molecule has 9 heteroatoms. The van der Waals surface area contributed by atoms with E-state index < -0.39 is 11.7 Å². The maximum Gasteiger partial charge on any atom is 0.416 e. The van der Waals surface area contributed by atoms with Crippen molar-refractivity contribution in [2.24, 2.45) is 5.92 Å². The van der Waals surface area contributed by atoms with Gasteiger partial charge in [-0.15, -0.1) is 11.3 Å². The summed E-state index contributed by atoms with van der Waals surface area (Å²) in [6.07, 6.45) is -3.50. The number of alkyl halides is 3. The Bertz CT molecular complexity index is 1120. The topological polar surface area (TPSA) is 53.5 Å². The molecule has 4 rings (SSSR count). The van der Waals surface area contributed by atoms with Crippen LogP contribution in [0.15, 0.2) is 60.0 Å². The highest BCUT2D eigenvalue weighted by atomic mass is 32.1. The second-order valence-electron chi connectivity index (χ2n) is 7.92. The predicted molar refractivity (Wildman–Crippen MR) is 121 cm³/mol. The van der Waals surface area contributed by atoms with E-state index in [4.69, 9.17) is 0 Å². The van der Waals surface area contributed by atoms with Gasteiger partial charge >= 0.3 is 6.18 Å². The summed E-state index contributed by atoms with van der Waals surface area (Å²) >= 11 is 1.40. The third-order valence-corrected chi connectivity index (χ3v) is 6.57.